The second-order valence-electron chi connectivity index (χ2n) is 5.97. The Morgan fingerprint density at radius 2 is 1.90 bits per heavy atom. The highest BCUT2D eigenvalue weighted by atomic mass is 16.1. The minimum absolute atomic E-state index is 0.166. The lowest BCUT2D eigenvalue weighted by Gasteiger charge is -2.25. The van der Waals surface area contributed by atoms with Crippen LogP contribution >= 0.6 is 0 Å². The van der Waals surface area contributed by atoms with Crippen LogP contribution in [0.2, 0.25) is 0 Å². The average molecular weight is 273 g/mol. The van der Waals surface area contributed by atoms with Gasteiger partial charge in [0.2, 0.25) is 0 Å². The Morgan fingerprint density at radius 1 is 1.25 bits per heavy atom. The van der Waals surface area contributed by atoms with Crippen molar-refractivity contribution in [1.82, 2.24) is 4.90 Å². The van der Waals surface area contributed by atoms with Crippen LogP contribution in [0.5, 0.6) is 0 Å². The molecule has 1 aliphatic rings. The fourth-order valence-corrected chi connectivity index (χ4v) is 2.55. The number of Topliss-reactive ketones (excluding diaryl/α,β-unsaturated/α-hetero) is 2. The second-order valence-corrected chi connectivity index (χ2v) is 5.97. The maximum Gasteiger partial charge on any atom is 0.177 e. The van der Waals surface area contributed by atoms with Gasteiger partial charge in [0, 0.05) is 31.5 Å². The number of piperidine rings is 1. The summed E-state index contributed by atoms with van der Waals surface area (Å²) in [5.41, 5.74) is 3.06. The summed E-state index contributed by atoms with van der Waals surface area (Å²) in [6.45, 7) is 8.11. The van der Waals surface area contributed by atoms with Crippen LogP contribution in [0.1, 0.15) is 54.1 Å². The van der Waals surface area contributed by atoms with Crippen LogP contribution in [0, 0.1) is 6.92 Å². The average Bonchev–Trinajstić information content (AvgIpc) is 2.41. The Morgan fingerprint density at radius 3 is 2.50 bits per heavy atom. The first-order valence-corrected chi connectivity index (χ1v) is 7.35. The molecule has 0 N–H and O–H groups in total. The molecule has 3 nitrogen and oxygen atoms in total. The number of hydrogen-bond acceptors (Lipinski definition) is 3. The van der Waals surface area contributed by atoms with Crippen molar-refractivity contribution >= 4 is 11.6 Å². The maximum atomic E-state index is 12.5. The number of nitrogens with zero attached hydrogens (tertiary/aromatic N) is 1. The third-order valence-corrected chi connectivity index (χ3v) is 4.01. The quantitative estimate of drug-likeness (QED) is 0.791. The number of ketones is 2. The maximum absolute atomic E-state index is 12.5. The third kappa shape index (κ3) is 3.54. The van der Waals surface area contributed by atoms with E-state index >= 15 is 0 Å². The van der Waals surface area contributed by atoms with Crippen LogP contribution in [0.3, 0.4) is 0 Å². The summed E-state index contributed by atoms with van der Waals surface area (Å²) in [6.07, 6.45) is 1.16. The van der Waals surface area contributed by atoms with Crippen molar-refractivity contribution in [3.05, 3.63) is 34.9 Å². The molecule has 2 rings (SSSR count). The van der Waals surface area contributed by atoms with Gasteiger partial charge in [-0.15, -0.1) is 0 Å². The van der Waals surface area contributed by atoms with Crippen molar-refractivity contribution in [3.8, 4) is 0 Å². The summed E-state index contributed by atoms with van der Waals surface area (Å²) >= 11 is 0. The molecule has 0 unspecified atom stereocenters. The van der Waals surface area contributed by atoms with Crippen molar-refractivity contribution < 1.29 is 9.59 Å². The molecule has 1 aromatic rings. The first-order valence-electron chi connectivity index (χ1n) is 7.35. The number of hydrogen-bond donors (Lipinski definition) is 0. The first kappa shape index (κ1) is 14.9. The van der Waals surface area contributed by atoms with Crippen molar-refractivity contribution in [2.45, 2.75) is 39.5 Å². The highest BCUT2D eigenvalue weighted by Gasteiger charge is 2.20. The van der Waals surface area contributed by atoms with Gasteiger partial charge in [-0.3, -0.25) is 14.5 Å². The van der Waals surface area contributed by atoms with Gasteiger partial charge in [0.25, 0.3) is 0 Å². The highest BCUT2D eigenvalue weighted by molar-refractivity contribution is 5.99. The van der Waals surface area contributed by atoms with E-state index < -0.39 is 0 Å². The highest BCUT2D eigenvalue weighted by Crippen LogP contribution is 2.19. The molecule has 0 atom stereocenters. The Balaban J connectivity index is 2.08. The Labute approximate surface area is 121 Å². The predicted molar refractivity (Wildman–Crippen MR) is 80.3 cm³/mol. The van der Waals surface area contributed by atoms with Crippen LogP contribution in [0.25, 0.3) is 0 Å². The topological polar surface area (TPSA) is 37.4 Å². The molecule has 1 heterocycles. The molecule has 1 saturated heterocycles. The fourth-order valence-electron chi connectivity index (χ4n) is 2.55. The van der Waals surface area contributed by atoms with Gasteiger partial charge in [-0.25, -0.2) is 0 Å². The van der Waals surface area contributed by atoms with E-state index in [0.717, 1.165) is 11.1 Å². The van der Waals surface area contributed by atoms with Crippen molar-refractivity contribution in [2.24, 2.45) is 0 Å². The lowest BCUT2D eigenvalue weighted by Crippen LogP contribution is -2.37. The Kier molecular flexibility index (Phi) is 4.71. The van der Waals surface area contributed by atoms with Gasteiger partial charge >= 0.3 is 0 Å². The Hall–Kier alpha value is -1.48. The van der Waals surface area contributed by atoms with Crippen LogP contribution in [0.4, 0.5) is 0 Å². The molecule has 0 spiro atoms. The van der Waals surface area contributed by atoms with Gasteiger partial charge in [0.15, 0.2) is 5.78 Å². The molecule has 0 saturated carbocycles. The molecule has 0 aliphatic carbocycles. The molecule has 0 bridgehead atoms. The molecule has 0 aromatic heterocycles. The molecule has 20 heavy (non-hydrogen) atoms. The van der Waals surface area contributed by atoms with Crippen LogP contribution in [-0.4, -0.2) is 36.1 Å². The van der Waals surface area contributed by atoms with Crippen molar-refractivity contribution in [3.63, 3.8) is 0 Å². The smallest absolute Gasteiger partial charge is 0.177 e. The minimum atomic E-state index is 0.166. The molecule has 3 heteroatoms. The largest absolute Gasteiger partial charge is 0.300 e. The summed E-state index contributed by atoms with van der Waals surface area (Å²) in [5, 5.41) is 0. The van der Waals surface area contributed by atoms with Crippen molar-refractivity contribution in [2.75, 3.05) is 19.6 Å². The number of likely N-dealkylation sites (tertiary alicyclic amines) is 1. The lowest BCUT2D eigenvalue weighted by atomic mass is 9.95. The number of carbonyl (C=O) groups excluding carboxylic acids is 2. The zero-order valence-corrected chi connectivity index (χ0v) is 12.6. The van der Waals surface area contributed by atoms with E-state index in [1.54, 1.807) is 0 Å². The number of benzene rings is 1. The normalized spacial score (nSPS) is 16.7. The zero-order chi connectivity index (χ0) is 14.7. The molecule has 0 amide bonds. The van der Waals surface area contributed by atoms with E-state index in [1.165, 1.54) is 5.56 Å². The summed E-state index contributed by atoms with van der Waals surface area (Å²) < 4.78 is 0. The van der Waals surface area contributed by atoms with E-state index in [0.29, 0.717) is 44.2 Å². The second kappa shape index (κ2) is 6.31. The van der Waals surface area contributed by atoms with Gasteiger partial charge < -0.3 is 0 Å². The van der Waals surface area contributed by atoms with E-state index in [2.05, 4.69) is 24.8 Å². The molecular weight excluding hydrogens is 250 g/mol. The van der Waals surface area contributed by atoms with Gasteiger partial charge in [-0.05, 0) is 30.0 Å². The third-order valence-electron chi connectivity index (χ3n) is 4.01. The van der Waals surface area contributed by atoms with E-state index in [4.69, 9.17) is 0 Å². The molecular formula is C17H23NO2. The number of carbonyl (C=O) groups is 2. The van der Waals surface area contributed by atoms with Crippen LogP contribution in [0.15, 0.2) is 18.2 Å². The molecule has 108 valence electrons. The van der Waals surface area contributed by atoms with E-state index in [-0.39, 0.29) is 5.78 Å². The minimum Gasteiger partial charge on any atom is -0.300 e. The standard InChI is InChI=1S/C17H23NO2/c1-12(2)14-5-4-13(3)16(10-14)17(20)11-18-8-6-15(19)7-9-18/h4-5,10,12H,6-9,11H2,1-3H3. The molecule has 1 fully saturated rings. The van der Waals surface area contributed by atoms with Crippen molar-refractivity contribution in [1.29, 1.82) is 0 Å². The summed E-state index contributed by atoms with van der Waals surface area (Å²) in [5.74, 6) is 0.904. The SMILES string of the molecule is Cc1ccc(C(C)C)cc1C(=O)CN1CCC(=O)CC1. The predicted octanol–water partition coefficient (Wildman–Crippen LogP) is 2.97. The van der Waals surface area contributed by atoms with Crippen LogP contribution in [-0.2, 0) is 4.79 Å². The Bertz CT molecular complexity index is 510. The first-order chi connectivity index (χ1) is 9.47. The summed E-state index contributed by atoms with van der Waals surface area (Å²) in [6, 6.07) is 6.15. The van der Waals surface area contributed by atoms with Gasteiger partial charge in [0.1, 0.15) is 5.78 Å². The monoisotopic (exact) mass is 273 g/mol. The van der Waals surface area contributed by atoms with Gasteiger partial charge in [-0.2, -0.15) is 0 Å². The van der Waals surface area contributed by atoms with Gasteiger partial charge in [-0.1, -0.05) is 26.0 Å². The molecule has 1 aromatic carbocycles. The molecule has 1 aliphatic heterocycles. The van der Waals surface area contributed by atoms with Crippen LogP contribution < -0.4 is 0 Å². The summed E-state index contributed by atoms with van der Waals surface area (Å²) in [4.78, 5) is 25.8. The van der Waals surface area contributed by atoms with Gasteiger partial charge in [0.05, 0.1) is 6.54 Å². The van der Waals surface area contributed by atoms with E-state index in [1.807, 2.05) is 19.1 Å². The fraction of sp³-hybridized carbons (Fsp3) is 0.529. The molecule has 0 radical (unpaired) electrons. The summed E-state index contributed by atoms with van der Waals surface area (Å²) in [7, 11) is 0. The zero-order valence-electron chi connectivity index (χ0n) is 12.6. The number of rotatable bonds is 4. The lowest BCUT2D eigenvalue weighted by molar-refractivity contribution is -0.121. The number of aryl methyl sites for hydroxylation is 1. The van der Waals surface area contributed by atoms with E-state index in [9.17, 15) is 9.59 Å².